The molecule has 0 saturated heterocycles. The van der Waals surface area contributed by atoms with Gasteiger partial charge in [-0.2, -0.15) is 0 Å². The Kier molecular flexibility index (Phi) is 7.34. The number of esters is 1. The smallest absolute Gasteiger partial charge is 0.317 e. The van der Waals surface area contributed by atoms with E-state index in [0.717, 1.165) is 35.6 Å². The maximum atomic E-state index is 13.9. The minimum absolute atomic E-state index is 0.217. The number of carbonyl (C=O) groups excluding carboxylic acids is 1. The Labute approximate surface area is 206 Å². The van der Waals surface area contributed by atoms with Crippen LogP contribution in [0.4, 0.5) is 0 Å². The van der Waals surface area contributed by atoms with E-state index in [4.69, 9.17) is 4.74 Å². The predicted octanol–water partition coefficient (Wildman–Crippen LogP) is 7.00. The molecule has 4 rings (SSSR count). The van der Waals surface area contributed by atoms with Crippen LogP contribution in [0.5, 0.6) is 5.88 Å². The molecule has 0 atom stereocenters. The van der Waals surface area contributed by atoms with Gasteiger partial charge in [-0.15, -0.1) is 0 Å². The van der Waals surface area contributed by atoms with Crippen molar-refractivity contribution in [3.05, 3.63) is 76.7 Å². The molecule has 0 aliphatic rings. The molecule has 182 valence electrons. The van der Waals surface area contributed by atoms with E-state index < -0.39 is 5.41 Å². The topological polar surface area (TPSA) is 61.2 Å². The van der Waals surface area contributed by atoms with E-state index in [1.54, 1.807) is 10.8 Å². The van der Waals surface area contributed by atoms with Crippen LogP contribution in [-0.4, -0.2) is 15.5 Å². The van der Waals surface area contributed by atoms with E-state index in [-0.39, 0.29) is 11.5 Å². The zero-order chi connectivity index (χ0) is 25.0. The summed E-state index contributed by atoms with van der Waals surface area (Å²) in [6, 6.07) is 17.2. The number of pyridine rings is 2. The number of hydrogen-bond donors (Lipinski definition) is 0. The molecule has 0 spiro atoms. The minimum atomic E-state index is -0.720. The summed E-state index contributed by atoms with van der Waals surface area (Å²) in [6.07, 6.45) is 8.02. The van der Waals surface area contributed by atoms with Gasteiger partial charge in [0.05, 0.1) is 16.6 Å². The number of aryl methyl sites for hydroxylation is 1. The maximum Gasteiger partial charge on any atom is 0.317 e. The summed E-state index contributed by atoms with van der Waals surface area (Å²) in [7, 11) is 0. The first-order valence-electron chi connectivity index (χ1n) is 12.6. The fourth-order valence-electron chi connectivity index (χ4n) is 4.38. The Morgan fingerprint density at radius 1 is 0.914 bits per heavy atom. The van der Waals surface area contributed by atoms with Crippen LogP contribution >= 0.6 is 0 Å². The van der Waals surface area contributed by atoms with Gasteiger partial charge >= 0.3 is 5.97 Å². The number of fused-ring (bicyclic) bond motifs is 2. The summed E-state index contributed by atoms with van der Waals surface area (Å²) in [6.45, 7) is 7.67. The van der Waals surface area contributed by atoms with Gasteiger partial charge in [0.1, 0.15) is 0 Å². The van der Waals surface area contributed by atoms with Crippen molar-refractivity contribution in [1.29, 1.82) is 0 Å². The largest absolute Gasteiger partial charge is 0.408 e. The molecule has 2 heterocycles. The highest BCUT2D eigenvalue weighted by Crippen LogP contribution is 2.33. The number of hydrogen-bond acceptors (Lipinski definition) is 4. The lowest BCUT2D eigenvalue weighted by atomic mass is 9.97. The summed E-state index contributed by atoms with van der Waals surface area (Å²) in [5, 5.41) is 2.37. The quantitative estimate of drug-likeness (QED) is 0.205. The van der Waals surface area contributed by atoms with Crippen LogP contribution in [0.1, 0.15) is 65.4 Å². The monoisotopic (exact) mass is 470 g/mol. The Bertz CT molecular complexity index is 1410. The molecule has 35 heavy (non-hydrogen) atoms. The van der Waals surface area contributed by atoms with Crippen LogP contribution in [0.2, 0.25) is 0 Å². The van der Waals surface area contributed by atoms with Crippen molar-refractivity contribution >= 4 is 27.6 Å². The van der Waals surface area contributed by atoms with Gasteiger partial charge in [-0.1, -0.05) is 69.0 Å². The lowest BCUT2D eigenvalue weighted by molar-refractivity contribution is -0.143. The number of benzene rings is 2. The minimum Gasteiger partial charge on any atom is -0.408 e. The molecule has 0 saturated carbocycles. The summed E-state index contributed by atoms with van der Waals surface area (Å²) in [5.74, 6) is -0.0661. The van der Waals surface area contributed by atoms with Crippen molar-refractivity contribution in [3.63, 3.8) is 0 Å². The predicted molar refractivity (Wildman–Crippen MR) is 142 cm³/mol. The molecule has 4 aromatic rings. The summed E-state index contributed by atoms with van der Waals surface area (Å²) in [5.41, 5.74) is 1.26. The molecular formula is C30H34N2O3. The molecule has 0 aliphatic carbocycles. The number of carbonyl (C=O) groups is 1. The SMILES string of the molecule is CCCCCCCc1c(OC(=O)C(C)(C)C)n(-c2cccc3cccnc23)c(=O)c2ccccc12. The molecule has 0 aliphatic heterocycles. The third kappa shape index (κ3) is 5.14. The third-order valence-electron chi connectivity index (χ3n) is 6.33. The van der Waals surface area contributed by atoms with Crippen LogP contribution in [0.15, 0.2) is 65.6 Å². The van der Waals surface area contributed by atoms with Crippen LogP contribution in [-0.2, 0) is 11.2 Å². The van der Waals surface area contributed by atoms with Gasteiger partial charge in [0.15, 0.2) is 0 Å². The fourth-order valence-corrected chi connectivity index (χ4v) is 4.38. The van der Waals surface area contributed by atoms with E-state index in [2.05, 4.69) is 11.9 Å². The third-order valence-corrected chi connectivity index (χ3v) is 6.33. The molecule has 5 heteroatoms. The van der Waals surface area contributed by atoms with Crippen molar-refractivity contribution in [3.8, 4) is 11.6 Å². The number of aromatic nitrogens is 2. The van der Waals surface area contributed by atoms with Crippen LogP contribution in [0.3, 0.4) is 0 Å². The lowest BCUT2D eigenvalue weighted by Crippen LogP contribution is -2.30. The van der Waals surface area contributed by atoms with Crippen molar-refractivity contribution in [2.45, 2.75) is 66.2 Å². The van der Waals surface area contributed by atoms with Crippen molar-refractivity contribution in [2.24, 2.45) is 5.41 Å². The summed E-state index contributed by atoms with van der Waals surface area (Å²) >= 11 is 0. The number of unbranched alkanes of at least 4 members (excludes halogenated alkanes) is 4. The average Bonchev–Trinajstić information content (AvgIpc) is 2.85. The van der Waals surface area contributed by atoms with Gasteiger partial charge in [-0.05, 0) is 57.2 Å². The first kappa shape index (κ1) is 24.6. The molecule has 2 aromatic heterocycles. The number of ether oxygens (including phenoxy) is 1. The second-order valence-corrected chi connectivity index (χ2v) is 10.1. The standard InChI is InChI=1S/C30H34N2O3/c1-5-6-7-8-9-18-24-22-16-10-11-17-23(22)27(33)32(28(24)35-29(34)30(2,3)4)25-19-12-14-21-15-13-20-31-26(21)25/h10-17,19-20H,5-9,18H2,1-4H3. The van der Waals surface area contributed by atoms with E-state index in [1.165, 1.54) is 19.3 Å². The van der Waals surface area contributed by atoms with Crippen molar-refractivity contribution in [2.75, 3.05) is 0 Å². The van der Waals surface area contributed by atoms with E-state index in [0.29, 0.717) is 22.5 Å². The van der Waals surface area contributed by atoms with Crippen LogP contribution in [0.25, 0.3) is 27.4 Å². The Morgan fingerprint density at radius 2 is 1.63 bits per heavy atom. The second-order valence-electron chi connectivity index (χ2n) is 10.1. The molecule has 0 N–H and O–H groups in total. The van der Waals surface area contributed by atoms with E-state index >= 15 is 0 Å². The van der Waals surface area contributed by atoms with Gasteiger partial charge in [0.2, 0.25) is 5.88 Å². The maximum absolute atomic E-state index is 13.9. The Morgan fingerprint density at radius 3 is 2.37 bits per heavy atom. The van der Waals surface area contributed by atoms with Crippen molar-refractivity contribution in [1.82, 2.24) is 9.55 Å². The van der Waals surface area contributed by atoms with Gasteiger partial charge in [-0.25, -0.2) is 4.57 Å². The lowest BCUT2D eigenvalue weighted by Gasteiger charge is -2.23. The molecule has 0 fully saturated rings. The Balaban J connectivity index is 2.00. The highest BCUT2D eigenvalue weighted by molar-refractivity contribution is 5.91. The molecular weight excluding hydrogens is 436 g/mol. The molecule has 0 amide bonds. The van der Waals surface area contributed by atoms with Gasteiger partial charge in [-0.3, -0.25) is 14.6 Å². The van der Waals surface area contributed by atoms with Crippen LogP contribution < -0.4 is 10.3 Å². The van der Waals surface area contributed by atoms with Crippen LogP contribution in [0, 0.1) is 5.41 Å². The first-order chi connectivity index (χ1) is 16.8. The van der Waals surface area contributed by atoms with E-state index in [9.17, 15) is 9.59 Å². The average molecular weight is 471 g/mol. The molecule has 0 radical (unpaired) electrons. The number of rotatable bonds is 8. The van der Waals surface area contributed by atoms with Gasteiger partial charge in [0.25, 0.3) is 5.56 Å². The summed E-state index contributed by atoms with van der Waals surface area (Å²) in [4.78, 5) is 31.7. The van der Waals surface area contributed by atoms with Gasteiger partial charge < -0.3 is 4.74 Å². The first-order valence-corrected chi connectivity index (χ1v) is 12.6. The second kappa shape index (κ2) is 10.4. The highest BCUT2D eigenvalue weighted by Gasteiger charge is 2.28. The fraction of sp³-hybridized carbons (Fsp3) is 0.367. The molecule has 0 unspecified atom stereocenters. The van der Waals surface area contributed by atoms with E-state index in [1.807, 2.05) is 75.4 Å². The molecule has 0 bridgehead atoms. The summed E-state index contributed by atoms with van der Waals surface area (Å²) < 4.78 is 7.67. The number of nitrogens with zero attached hydrogens (tertiary/aromatic N) is 2. The normalized spacial score (nSPS) is 11.8. The zero-order valence-electron chi connectivity index (χ0n) is 21.1. The van der Waals surface area contributed by atoms with Gasteiger partial charge in [0, 0.05) is 22.5 Å². The Hall–Kier alpha value is -3.47. The molecule has 2 aromatic carbocycles. The zero-order valence-corrected chi connectivity index (χ0v) is 21.1. The number of para-hydroxylation sites is 1. The molecule has 5 nitrogen and oxygen atoms in total. The van der Waals surface area contributed by atoms with Crippen molar-refractivity contribution < 1.29 is 9.53 Å². The highest BCUT2D eigenvalue weighted by atomic mass is 16.5.